The number of aliphatic hydroxyl groups is 1. The third-order valence-corrected chi connectivity index (χ3v) is 2.60. The van der Waals surface area contributed by atoms with Crippen molar-refractivity contribution in [3.63, 3.8) is 0 Å². The van der Waals surface area contributed by atoms with Crippen LogP contribution in [-0.4, -0.2) is 28.7 Å². The topological polar surface area (TPSA) is 67.3 Å². The van der Waals surface area contributed by atoms with Gasteiger partial charge in [-0.1, -0.05) is 12.1 Å². The number of aromatic nitrogens is 2. The van der Waals surface area contributed by atoms with Gasteiger partial charge < -0.3 is 15.2 Å². The van der Waals surface area contributed by atoms with Gasteiger partial charge in [-0.05, 0) is 31.0 Å². The van der Waals surface area contributed by atoms with Crippen LogP contribution in [0.3, 0.4) is 0 Å². The molecule has 1 aromatic heterocycles. The lowest BCUT2D eigenvalue weighted by atomic mass is 10.1. The second-order valence-electron chi connectivity index (χ2n) is 4.14. The maximum atomic E-state index is 8.86. The second-order valence-corrected chi connectivity index (χ2v) is 4.14. The maximum Gasteiger partial charge on any atom is 0.225 e. The van der Waals surface area contributed by atoms with Gasteiger partial charge in [0.05, 0.1) is 0 Å². The lowest BCUT2D eigenvalue weighted by Gasteiger charge is -2.08. The Kier molecular flexibility index (Phi) is 4.30. The summed E-state index contributed by atoms with van der Waals surface area (Å²) in [5, 5.41) is 11.7. The second kappa shape index (κ2) is 6.15. The molecule has 0 radical (unpaired) electrons. The van der Waals surface area contributed by atoms with Gasteiger partial charge in [-0.25, -0.2) is 4.98 Å². The zero-order valence-corrected chi connectivity index (χ0v) is 11.1. The molecule has 0 spiro atoms. The van der Waals surface area contributed by atoms with E-state index in [9.17, 15) is 0 Å². The predicted molar refractivity (Wildman–Crippen MR) is 73.6 cm³/mol. The highest BCUT2D eigenvalue weighted by Gasteiger charge is 2.03. The Morgan fingerprint density at radius 2 is 1.95 bits per heavy atom. The summed E-state index contributed by atoms with van der Waals surface area (Å²) in [5.41, 5.74) is 1.91. The molecule has 2 aromatic rings. The first-order valence-electron chi connectivity index (χ1n) is 6.12. The van der Waals surface area contributed by atoms with Crippen LogP contribution in [0.2, 0.25) is 0 Å². The largest absolute Gasteiger partial charge is 0.439 e. The molecule has 2 N–H and O–H groups in total. The summed E-state index contributed by atoms with van der Waals surface area (Å²) in [6.07, 6.45) is 0.650. The fourth-order valence-corrected chi connectivity index (χ4v) is 1.68. The van der Waals surface area contributed by atoms with Gasteiger partial charge >= 0.3 is 0 Å². The standard InChI is InChI=1S/C14H17N3O2/c1-10-9-13(17-14(15-2)16-10)19-12-5-3-11(4-6-12)7-8-18/h3-6,9,18H,7-8H2,1-2H3,(H,15,16,17). The number of aryl methyl sites for hydroxylation is 1. The van der Waals surface area contributed by atoms with Crippen molar-refractivity contribution in [1.82, 2.24) is 9.97 Å². The van der Waals surface area contributed by atoms with Gasteiger partial charge in [-0.15, -0.1) is 0 Å². The van der Waals surface area contributed by atoms with E-state index in [-0.39, 0.29) is 6.61 Å². The lowest BCUT2D eigenvalue weighted by Crippen LogP contribution is -1.99. The Morgan fingerprint density at radius 1 is 1.21 bits per heavy atom. The van der Waals surface area contributed by atoms with E-state index in [2.05, 4.69) is 15.3 Å². The molecule has 0 aliphatic rings. The Balaban J connectivity index is 2.14. The van der Waals surface area contributed by atoms with Crippen molar-refractivity contribution in [2.45, 2.75) is 13.3 Å². The third kappa shape index (κ3) is 3.66. The van der Waals surface area contributed by atoms with Crippen molar-refractivity contribution in [3.8, 4) is 11.6 Å². The zero-order chi connectivity index (χ0) is 13.7. The quantitative estimate of drug-likeness (QED) is 0.861. The fraction of sp³-hybridized carbons (Fsp3) is 0.286. The van der Waals surface area contributed by atoms with Gasteiger partial charge in [0.2, 0.25) is 11.8 Å². The van der Waals surface area contributed by atoms with Crippen molar-refractivity contribution >= 4 is 5.95 Å². The first kappa shape index (κ1) is 13.3. The Labute approximate surface area is 112 Å². The van der Waals surface area contributed by atoms with Gasteiger partial charge in [0.1, 0.15) is 5.75 Å². The molecule has 1 aromatic carbocycles. The highest BCUT2D eigenvalue weighted by Crippen LogP contribution is 2.21. The molecule has 19 heavy (non-hydrogen) atoms. The van der Waals surface area contributed by atoms with Crippen LogP contribution in [0, 0.1) is 6.92 Å². The normalized spacial score (nSPS) is 10.3. The van der Waals surface area contributed by atoms with Gasteiger partial charge in [0.25, 0.3) is 0 Å². The van der Waals surface area contributed by atoms with Crippen molar-refractivity contribution in [2.24, 2.45) is 0 Å². The van der Waals surface area contributed by atoms with E-state index in [0.717, 1.165) is 11.3 Å². The van der Waals surface area contributed by atoms with Crippen LogP contribution in [0.5, 0.6) is 11.6 Å². The molecule has 5 heteroatoms. The van der Waals surface area contributed by atoms with E-state index in [1.807, 2.05) is 31.2 Å². The number of hydrogen-bond donors (Lipinski definition) is 2. The molecular formula is C14H17N3O2. The van der Waals surface area contributed by atoms with E-state index in [0.29, 0.717) is 24.0 Å². The Hall–Kier alpha value is -2.14. The summed E-state index contributed by atoms with van der Waals surface area (Å²) in [6, 6.07) is 9.36. The number of nitrogens with one attached hydrogen (secondary N) is 1. The maximum absolute atomic E-state index is 8.86. The summed E-state index contributed by atoms with van der Waals surface area (Å²) in [5.74, 6) is 1.75. The molecule has 0 fully saturated rings. The molecule has 0 aliphatic carbocycles. The van der Waals surface area contributed by atoms with E-state index in [1.54, 1.807) is 13.1 Å². The summed E-state index contributed by atoms with van der Waals surface area (Å²) >= 11 is 0. The van der Waals surface area contributed by atoms with Gasteiger partial charge in [-0.3, -0.25) is 0 Å². The smallest absolute Gasteiger partial charge is 0.225 e. The highest BCUT2D eigenvalue weighted by atomic mass is 16.5. The van der Waals surface area contributed by atoms with Crippen LogP contribution in [0.25, 0.3) is 0 Å². The number of rotatable bonds is 5. The van der Waals surface area contributed by atoms with Crippen molar-refractivity contribution in [2.75, 3.05) is 19.0 Å². The molecule has 100 valence electrons. The van der Waals surface area contributed by atoms with Crippen molar-refractivity contribution < 1.29 is 9.84 Å². The number of hydrogen-bond acceptors (Lipinski definition) is 5. The number of benzene rings is 1. The van der Waals surface area contributed by atoms with Crippen molar-refractivity contribution in [3.05, 3.63) is 41.6 Å². The number of nitrogens with zero attached hydrogens (tertiary/aromatic N) is 2. The van der Waals surface area contributed by atoms with Crippen LogP contribution < -0.4 is 10.1 Å². The molecule has 0 saturated carbocycles. The van der Waals surface area contributed by atoms with Gasteiger partial charge in [0, 0.05) is 25.4 Å². The summed E-state index contributed by atoms with van der Waals surface area (Å²) in [6.45, 7) is 2.04. The molecule has 0 saturated heterocycles. The molecule has 2 rings (SSSR count). The molecule has 0 atom stereocenters. The summed E-state index contributed by atoms with van der Waals surface area (Å²) < 4.78 is 5.68. The van der Waals surface area contributed by atoms with Crippen LogP contribution in [0.4, 0.5) is 5.95 Å². The predicted octanol–water partition coefficient (Wildman–Crippen LogP) is 2.15. The van der Waals surface area contributed by atoms with Crippen LogP contribution in [0.15, 0.2) is 30.3 Å². The highest BCUT2D eigenvalue weighted by molar-refractivity contribution is 5.34. The molecular weight excluding hydrogens is 242 g/mol. The zero-order valence-electron chi connectivity index (χ0n) is 11.1. The first-order valence-corrected chi connectivity index (χ1v) is 6.12. The monoisotopic (exact) mass is 259 g/mol. The van der Waals surface area contributed by atoms with E-state index < -0.39 is 0 Å². The third-order valence-electron chi connectivity index (χ3n) is 2.60. The molecule has 0 unspecified atom stereocenters. The summed E-state index contributed by atoms with van der Waals surface area (Å²) in [7, 11) is 1.77. The molecule has 0 bridgehead atoms. The molecule has 1 heterocycles. The van der Waals surface area contributed by atoms with Gasteiger partial charge in [0.15, 0.2) is 0 Å². The minimum absolute atomic E-state index is 0.150. The number of ether oxygens (including phenoxy) is 1. The SMILES string of the molecule is CNc1nc(C)cc(Oc2ccc(CCO)cc2)n1. The van der Waals surface area contributed by atoms with E-state index >= 15 is 0 Å². The summed E-state index contributed by atoms with van der Waals surface area (Å²) in [4.78, 5) is 8.42. The molecule has 0 amide bonds. The minimum atomic E-state index is 0.150. The number of aliphatic hydroxyl groups excluding tert-OH is 1. The Bertz CT molecular complexity index is 541. The fourth-order valence-electron chi connectivity index (χ4n) is 1.68. The van der Waals surface area contributed by atoms with E-state index in [4.69, 9.17) is 9.84 Å². The van der Waals surface area contributed by atoms with Gasteiger partial charge in [-0.2, -0.15) is 4.98 Å². The molecule has 0 aliphatic heterocycles. The van der Waals surface area contributed by atoms with Crippen LogP contribution in [-0.2, 0) is 6.42 Å². The average molecular weight is 259 g/mol. The Morgan fingerprint density at radius 3 is 2.58 bits per heavy atom. The molecule has 5 nitrogen and oxygen atoms in total. The van der Waals surface area contributed by atoms with Crippen molar-refractivity contribution in [1.29, 1.82) is 0 Å². The van der Waals surface area contributed by atoms with Crippen LogP contribution in [0.1, 0.15) is 11.3 Å². The van der Waals surface area contributed by atoms with E-state index in [1.165, 1.54) is 0 Å². The average Bonchev–Trinajstić information content (AvgIpc) is 2.40. The van der Waals surface area contributed by atoms with Crippen LogP contribution >= 0.6 is 0 Å². The first-order chi connectivity index (χ1) is 9.21. The minimum Gasteiger partial charge on any atom is -0.439 e. The lowest BCUT2D eigenvalue weighted by molar-refractivity contribution is 0.299. The number of anilines is 1.